The fourth-order valence-corrected chi connectivity index (χ4v) is 2.88. The first-order valence-electron chi connectivity index (χ1n) is 6.03. The molecular formula is C13H15BrCl2N4. The SMILES string of the molecule is Cc1nn(C)c(Cl)c1CC(NN)c1ccc(Cl)c(Br)c1. The van der Waals surface area contributed by atoms with Crippen LogP contribution in [0, 0.1) is 6.92 Å². The third kappa shape index (κ3) is 3.18. The predicted molar refractivity (Wildman–Crippen MR) is 85.9 cm³/mol. The van der Waals surface area contributed by atoms with E-state index in [0.717, 1.165) is 21.3 Å². The van der Waals surface area contributed by atoms with Gasteiger partial charge in [0, 0.05) is 17.1 Å². The summed E-state index contributed by atoms with van der Waals surface area (Å²) < 4.78 is 2.50. The number of aromatic nitrogens is 2. The second kappa shape index (κ2) is 6.45. The molecular weight excluding hydrogens is 363 g/mol. The molecule has 108 valence electrons. The van der Waals surface area contributed by atoms with Gasteiger partial charge in [0.1, 0.15) is 5.15 Å². The number of aryl methyl sites for hydroxylation is 2. The molecule has 3 N–H and O–H groups in total. The van der Waals surface area contributed by atoms with E-state index in [0.29, 0.717) is 16.6 Å². The Hall–Kier alpha value is -0.590. The lowest BCUT2D eigenvalue weighted by molar-refractivity contribution is 0.550. The molecule has 0 radical (unpaired) electrons. The number of nitrogens with one attached hydrogen (secondary N) is 1. The summed E-state index contributed by atoms with van der Waals surface area (Å²) in [6, 6.07) is 5.66. The van der Waals surface area contributed by atoms with Crippen LogP contribution in [0.5, 0.6) is 0 Å². The van der Waals surface area contributed by atoms with Gasteiger partial charge in [-0.1, -0.05) is 29.3 Å². The van der Waals surface area contributed by atoms with Gasteiger partial charge in [0.2, 0.25) is 0 Å². The zero-order chi connectivity index (χ0) is 14.9. The highest BCUT2D eigenvalue weighted by atomic mass is 79.9. The summed E-state index contributed by atoms with van der Waals surface area (Å²) in [4.78, 5) is 0. The minimum Gasteiger partial charge on any atom is -0.271 e. The van der Waals surface area contributed by atoms with Crippen LogP contribution in [-0.4, -0.2) is 9.78 Å². The zero-order valence-corrected chi connectivity index (χ0v) is 14.2. The average Bonchev–Trinajstić information content (AvgIpc) is 2.65. The van der Waals surface area contributed by atoms with Gasteiger partial charge < -0.3 is 0 Å². The Morgan fingerprint density at radius 3 is 2.65 bits per heavy atom. The van der Waals surface area contributed by atoms with Crippen molar-refractivity contribution >= 4 is 39.1 Å². The molecule has 0 amide bonds. The molecule has 0 aliphatic carbocycles. The lowest BCUT2D eigenvalue weighted by atomic mass is 10.00. The van der Waals surface area contributed by atoms with E-state index in [1.807, 2.05) is 32.2 Å². The highest BCUT2D eigenvalue weighted by Gasteiger charge is 2.18. The highest BCUT2D eigenvalue weighted by Crippen LogP contribution is 2.29. The van der Waals surface area contributed by atoms with Crippen LogP contribution in [0.4, 0.5) is 0 Å². The van der Waals surface area contributed by atoms with Gasteiger partial charge in [0.05, 0.1) is 16.8 Å². The quantitative estimate of drug-likeness (QED) is 0.632. The lowest BCUT2D eigenvalue weighted by Gasteiger charge is -2.17. The number of nitrogens with zero attached hydrogens (tertiary/aromatic N) is 2. The van der Waals surface area contributed by atoms with Crippen LogP contribution in [-0.2, 0) is 13.5 Å². The normalized spacial score (nSPS) is 12.7. The second-order valence-electron chi connectivity index (χ2n) is 4.58. The maximum atomic E-state index is 6.26. The predicted octanol–water partition coefficient (Wildman–Crippen LogP) is 3.54. The first-order chi connectivity index (χ1) is 9.43. The van der Waals surface area contributed by atoms with Gasteiger partial charge in [-0.3, -0.25) is 16.0 Å². The van der Waals surface area contributed by atoms with Crippen molar-refractivity contribution in [1.29, 1.82) is 0 Å². The van der Waals surface area contributed by atoms with Crippen molar-refractivity contribution in [1.82, 2.24) is 15.2 Å². The third-order valence-electron chi connectivity index (χ3n) is 3.23. The van der Waals surface area contributed by atoms with E-state index in [1.54, 1.807) is 4.68 Å². The maximum absolute atomic E-state index is 6.26. The van der Waals surface area contributed by atoms with Crippen LogP contribution in [0.2, 0.25) is 10.2 Å². The zero-order valence-electron chi connectivity index (χ0n) is 11.1. The fourth-order valence-electron chi connectivity index (χ4n) is 2.11. The minimum atomic E-state index is -0.0658. The summed E-state index contributed by atoms with van der Waals surface area (Å²) >= 11 is 15.7. The molecule has 1 unspecified atom stereocenters. The molecule has 1 atom stereocenters. The number of nitrogens with two attached hydrogens (primary N) is 1. The molecule has 1 aromatic carbocycles. The lowest BCUT2D eigenvalue weighted by Crippen LogP contribution is -2.29. The van der Waals surface area contributed by atoms with Crippen LogP contribution >= 0.6 is 39.1 Å². The van der Waals surface area contributed by atoms with Gasteiger partial charge >= 0.3 is 0 Å². The summed E-state index contributed by atoms with van der Waals surface area (Å²) in [5.41, 5.74) is 5.75. The Bertz CT molecular complexity index is 627. The molecule has 1 heterocycles. The molecule has 2 aromatic rings. The molecule has 0 saturated carbocycles. The van der Waals surface area contributed by atoms with Gasteiger partial charge in [-0.25, -0.2) is 0 Å². The van der Waals surface area contributed by atoms with Crippen LogP contribution < -0.4 is 11.3 Å². The number of hydrogen-bond acceptors (Lipinski definition) is 3. The molecule has 0 bridgehead atoms. The van der Waals surface area contributed by atoms with Gasteiger partial charge in [0.25, 0.3) is 0 Å². The van der Waals surface area contributed by atoms with Crippen LogP contribution in [0.25, 0.3) is 0 Å². The van der Waals surface area contributed by atoms with Crippen molar-refractivity contribution < 1.29 is 0 Å². The molecule has 2 rings (SSSR count). The largest absolute Gasteiger partial charge is 0.271 e. The minimum absolute atomic E-state index is 0.0658. The van der Waals surface area contributed by atoms with Crippen molar-refractivity contribution in [3.8, 4) is 0 Å². The summed E-state index contributed by atoms with van der Waals surface area (Å²) in [7, 11) is 1.82. The molecule has 0 spiro atoms. The first kappa shape index (κ1) is 15.8. The third-order valence-corrected chi connectivity index (χ3v) is 4.91. The van der Waals surface area contributed by atoms with Crippen molar-refractivity contribution in [3.05, 3.63) is 49.7 Å². The Labute approximate surface area is 136 Å². The molecule has 0 aliphatic rings. The Balaban J connectivity index is 2.31. The monoisotopic (exact) mass is 376 g/mol. The number of hydrogen-bond donors (Lipinski definition) is 2. The number of benzene rings is 1. The van der Waals surface area contributed by atoms with Gasteiger partial charge in [0.15, 0.2) is 0 Å². The average molecular weight is 378 g/mol. The van der Waals surface area contributed by atoms with E-state index in [2.05, 4.69) is 26.5 Å². The molecule has 0 fully saturated rings. The second-order valence-corrected chi connectivity index (χ2v) is 6.19. The van der Waals surface area contributed by atoms with Crippen LogP contribution in [0.1, 0.15) is 22.9 Å². The fraction of sp³-hybridized carbons (Fsp3) is 0.308. The van der Waals surface area contributed by atoms with E-state index in [1.165, 1.54) is 0 Å². The number of halogens is 3. The summed E-state index contributed by atoms with van der Waals surface area (Å²) in [6.07, 6.45) is 0.656. The van der Waals surface area contributed by atoms with E-state index in [4.69, 9.17) is 29.0 Å². The molecule has 0 saturated heterocycles. The first-order valence-corrected chi connectivity index (χ1v) is 7.58. The summed E-state index contributed by atoms with van der Waals surface area (Å²) in [6.45, 7) is 1.94. The van der Waals surface area contributed by atoms with Crippen LogP contribution in [0.15, 0.2) is 22.7 Å². The maximum Gasteiger partial charge on any atom is 0.130 e. The summed E-state index contributed by atoms with van der Waals surface area (Å²) in [5.74, 6) is 5.68. The number of hydrazine groups is 1. The van der Waals surface area contributed by atoms with E-state index < -0.39 is 0 Å². The molecule has 1 aromatic heterocycles. The molecule has 20 heavy (non-hydrogen) atoms. The van der Waals surface area contributed by atoms with Crippen LogP contribution in [0.3, 0.4) is 0 Å². The van der Waals surface area contributed by atoms with Crippen molar-refractivity contribution in [3.63, 3.8) is 0 Å². The molecule has 0 aliphatic heterocycles. The Morgan fingerprint density at radius 2 is 2.15 bits per heavy atom. The van der Waals surface area contributed by atoms with Gasteiger partial charge in [-0.05, 0) is 47.0 Å². The van der Waals surface area contributed by atoms with Crippen molar-refractivity contribution in [2.45, 2.75) is 19.4 Å². The van der Waals surface area contributed by atoms with Gasteiger partial charge in [-0.15, -0.1) is 0 Å². The van der Waals surface area contributed by atoms with E-state index >= 15 is 0 Å². The molecule has 4 nitrogen and oxygen atoms in total. The highest BCUT2D eigenvalue weighted by molar-refractivity contribution is 9.10. The smallest absolute Gasteiger partial charge is 0.130 e. The van der Waals surface area contributed by atoms with Crippen molar-refractivity contribution in [2.24, 2.45) is 12.9 Å². The Morgan fingerprint density at radius 1 is 1.45 bits per heavy atom. The van der Waals surface area contributed by atoms with E-state index in [-0.39, 0.29) is 6.04 Å². The standard InChI is InChI=1S/C13H15BrCl2N4/c1-7-9(13(16)20(2)19-7)6-12(18-17)8-3-4-11(15)10(14)5-8/h3-5,12,18H,6,17H2,1-2H3. The van der Waals surface area contributed by atoms with E-state index in [9.17, 15) is 0 Å². The van der Waals surface area contributed by atoms with Gasteiger partial charge in [-0.2, -0.15) is 5.10 Å². The Kier molecular flexibility index (Phi) is 5.09. The number of rotatable bonds is 4. The molecule has 7 heteroatoms. The topological polar surface area (TPSA) is 55.9 Å². The summed E-state index contributed by atoms with van der Waals surface area (Å²) in [5, 5.41) is 5.61. The van der Waals surface area contributed by atoms with Crippen molar-refractivity contribution in [2.75, 3.05) is 0 Å².